The van der Waals surface area contributed by atoms with Crippen LogP contribution in [-0.2, 0) is 36.8 Å². The number of rotatable bonds is 23. The monoisotopic (exact) mass is 1040 g/mol. The minimum absolute atomic E-state index is 0.0245. The summed E-state index contributed by atoms with van der Waals surface area (Å²) >= 11 is 1.60. The number of aromatic nitrogens is 2. The number of allylic oxidation sites excluding steroid dienone is 1. The van der Waals surface area contributed by atoms with Gasteiger partial charge in [0.15, 0.2) is 0 Å². The number of para-hydroxylation sites is 1. The topological polar surface area (TPSA) is 230 Å². The van der Waals surface area contributed by atoms with Crippen molar-refractivity contribution in [3.63, 3.8) is 0 Å². The lowest BCUT2D eigenvalue weighted by Crippen LogP contribution is -2.59. The van der Waals surface area contributed by atoms with Crippen molar-refractivity contribution in [2.75, 3.05) is 90.2 Å². The molecule has 2 aromatic heterocycles. The Kier molecular flexibility index (Phi) is 18.7. The van der Waals surface area contributed by atoms with Gasteiger partial charge in [0.2, 0.25) is 17.7 Å². The van der Waals surface area contributed by atoms with Crippen molar-refractivity contribution < 1.29 is 29.0 Å². The fraction of sp³-hybridized carbons (Fsp3) is 0.518. The third-order valence-electron chi connectivity index (χ3n) is 14.8. The van der Waals surface area contributed by atoms with Crippen LogP contribution in [0.3, 0.4) is 0 Å². The number of phenolic OH excluding ortho intramolecular Hbond substituents is 1. The van der Waals surface area contributed by atoms with Gasteiger partial charge < -0.3 is 51.1 Å². The first-order valence-electron chi connectivity index (χ1n) is 26.5. The first-order valence-corrected chi connectivity index (χ1v) is 27.4. The van der Waals surface area contributed by atoms with Crippen molar-refractivity contribution in [3.05, 3.63) is 107 Å². The average molecular weight is 1050 g/mol. The standard InChI is InChI=1S/C56H76N12O6S/c1-38-51(75-37-62-38)40-15-13-39(14-16-40)33-61-54(71)47-11-7-21-67(47)55(72)52(56(2,3)4)63-50(70)36-65-24-22-64(23-25-65)26-28-74-30-29-73-27-8-9-41-31-42(19-20-60-41)68-43-17-18-44(68)35-66(34-43)48(53(58)59)32-46(57)45-10-5-6-12-49(45)69/h5-6,10,12-16,19-20,31-32,37,43-44,47,52,57,69H,7-9,11,17-18,21-30,33-36H2,1-4H3,(H3,58,59)(H,61,71)(H,63,70)/b48-32+,57-46?/t43?,44?,47-,52+/m0/s1. The van der Waals surface area contributed by atoms with Crippen LogP contribution in [0.1, 0.15) is 75.4 Å². The molecule has 2 unspecified atom stereocenters. The van der Waals surface area contributed by atoms with Crippen LogP contribution in [0.5, 0.6) is 5.75 Å². The number of carbonyl (C=O) groups excluding carboxylic acids is 3. The van der Waals surface area contributed by atoms with Crippen molar-refractivity contribution in [3.8, 4) is 16.2 Å². The number of hydrogen-bond donors (Lipinski definition) is 6. The lowest BCUT2D eigenvalue weighted by atomic mass is 9.85. The van der Waals surface area contributed by atoms with Crippen molar-refractivity contribution in [2.24, 2.45) is 11.1 Å². The van der Waals surface area contributed by atoms with Crippen molar-refractivity contribution in [2.45, 2.75) is 96.9 Å². The minimum Gasteiger partial charge on any atom is -0.507 e. The smallest absolute Gasteiger partial charge is 0.246 e. The Labute approximate surface area is 445 Å². The number of anilines is 1. The molecule has 3 amide bonds. The maximum absolute atomic E-state index is 14.1. The fourth-order valence-corrected chi connectivity index (χ4v) is 11.6. The van der Waals surface area contributed by atoms with Gasteiger partial charge in [-0.3, -0.25) is 34.6 Å². The van der Waals surface area contributed by atoms with Crippen LogP contribution in [-0.4, -0.2) is 173 Å². The van der Waals surface area contributed by atoms with Crippen molar-refractivity contribution in [1.82, 2.24) is 40.2 Å². The molecule has 4 saturated heterocycles. The first kappa shape index (κ1) is 55.0. The summed E-state index contributed by atoms with van der Waals surface area (Å²) < 4.78 is 11.8. The molecular weight excluding hydrogens is 969 g/mol. The van der Waals surface area contributed by atoms with Gasteiger partial charge in [-0.1, -0.05) is 57.2 Å². The summed E-state index contributed by atoms with van der Waals surface area (Å²) in [6.45, 7) is 16.4. The molecule has 18 nitrogen and oxygen atoms in total. The summed E-state index contributed by atoms with van der Waals surface area (Å²) in [6, 6.07) is 18.2. The van der Waals surface area contributed by atoms with Crippen LogP contribution in [0, 0.1) is 23.2 Å². The number of benzene rings is 2. The number of hydrogen-bond acceptors (Lipinski definition) is 15. The lowest BCUT2D eigenvalue weighted by molar-refractivity contribution is -0.144. The van der Waals surface area contributed by atoms with Gasteiger partial charge in [-0.05, 0) is 92.3 Å². The molecule has 2 aromatic carbocycles. The highest BCUT2D eigenvalue weighted by molar-refractivity contribution is 7.13. The summed E-state index contributed by atoms with van der Waals surface area (Å²) in [7, 11) is 0. The zero-order chi connectivity index (χ0) is 53.1. The molecule has 6 heterocycles. The third kappa shape index (κ3) is 14.4. The molecule has 7 N–H and O–H groups in total. The van der Waals surface area contributed by atoms with Gasteiger partial charge in [0.05, 0.1) is 53.9 Å². The Morgan fingerprint density at radius 2 is 1.61 bits per heavy atom. The third-order valence-corrected chi connectivity index (χ3v) is 15.8. The Morgan fingerprint density at radius 1 is 0.907 bits per heavy atom. The molecule has 4 fully saturated rings. The van der Waals surface area contributed by atoms with Gasteiger partial charge >= 0.3 is 0 Å². The number of nitrogens with one attached hydrogen (secondary N) is 4. The Morgan fingerprint density at radius 3 is 2.29 bits per heavy atom. The summed E-state index contributed by atoms with van der Waals surface area (Å²) in [6.07, 6.45) is 8.47. The number of pyridine rings is 1. The number of likely N-dealkylation sites (tertiary alicyclic amines) is 2. The molecule has 0 spiro atoms. The van der Waals surface area contributed by atoms with E-state index in [2.05, 4.69) is 52.3 Å². The predicted molar refractivity (Wildman–Crippen MR) is 293 cm³/mol. The molecule has 75 heavy (non-hydrogen) atoms. The van der Waals surface area contributed by atoms with Crippen LogP contribution in [0.25, 0.3) is 10.4 Å². The highest BCUT2D eigenvalue weighted by Gasteiger charge is 2.43. The molecule has 8 rings (SSSR count). The molecule has 19 heteroatoms. The van der Waals surface area contributed by atoms with Crippen molar-refractivity contribution >= 4 is 46.3 Å². The second-order valence-corrected chi connectivity index (χ2v) is 22.1. The quantitative estimate of drug-likeness (QED) is 0.0320. The summed E-state index contributed by atoms with van der Waals surface area (Å²) in [5.74, 6) is -0.654. The predicted octanol–water partition coefficient (Wildman–Crippen LogP) is 5.18. The van der Waals surface area contributed by atoms with E-state index in [1.54, 1.807) is 46.6 Å². The number of carbonyl (C=O) groups is 3. The van der Waals surface area contributed by atoms with Gasteiger partial charge in [-0.2, -0.15) is 0 Å². The van der Waals surface area contributed by atoms with E-state index >= 15 is 0 Å². The highest BCUT2D eigenvalue weighted by atomic mass is 32.1. The number of nitrogens with two attached hydrogens (primary N) is 1. The average Bonchev–Trinajstić information content (AvgIpc) is 4.13. The van der Waals surface area contributed by atoms with E-state index in [4.69, 9.17) is 26.0 Å². The number of amides is 3. The van der Waals surface area contributed by atoms with Crippen LogP contribution in [0.4, 0.5) is 5.69 Å². The van der Waals surface area contributed by atoms with Gasteiger partial charge in [-0.25, -0.2) is 4.98 Å². The van der Waals surface area contributed by atoms with Crippen LogP contribution >= 0.6 is 11.3 Å². The van der Waals surface area contributed by atoms with Crippen LogP contribution < -0.4 is 21.3 Å². The number of aromatic hydroxyl groups is 1. The normalized spacial score (nSPS) is 19.8. The van der Waals surface area contributed by atoms with E-state index in [-0.39, 0.29) is 53.6 Å². The Hall–Kier alpha value is -6.25. The maximum atomic E-state index is 14.1. The van der Waals surface area contributed by atoms with Gasteiger partial charge in [-0.15, -0.1) is 11.3 Å². The number of thiazole rings is 1. The summed E-state index contributed by atoms with van der Waals surface area (Å²) in [5, 5.41) is 33.3. The molecule has 4 aliphatic rings. The molecular formula is C56H76N12O6S. The fourth-order valence-electron chi connectivity index (χ4n) is 10.8. The van der Waals surface area contributed by atoms with E-state index in [1.165, 1.54) is 0 Å². The van der Waals surface area contributed by atoms with Crippen LogP contribution in [0.15, 0.2) is 84.1 Å². The molecule has 4 aliphatic heterocycles. The SMILES string of the molecule is Cc1ncsc1-c1ccc(CNC(=O)[C@@H]2CCCN2C(=O)[C@@H](NC(=O)CN2CCN(CCOCCOCCCc3cc(N4C5CCC4CN(/C(=C/C(=N)c4ccccc4O)C(=N)N)C5)ccn3)CC2)C(C)(C)C)cc1. The van der Waals surface area contributed by atoms with Crippen molar-refractivity contribution in [1.29, 1.82) is 10.8 Å². The van der Waals surface area contributed by atoms with E-state index in [0.717, 1.165) is 97.9 Å². The molecule has 0 radical (unpaired) electrons. The molecule has 0 aliphatic carbocycles. The van der Waals surface area contributed by atoms with E-state index in [1.807, 2.05) is 63.7 Å². The summed E-state index contributed by atoms with van der Waals surface area (Å²) in [4.78, 5) is 62.0. The van der Waals surface area contributed by atoms with E-state index < -0.39 is 17.5 Å². The second kappa shape index (κ2) is 25.5. The minimum atomic E-state index is -0.769. The Balaban J connectivity index is 0.686. The van der Waals surface area contributed by atoms with Gasteiger partial charge in [0, 0.05) is 101 Å². The first-order chi connectivity index (χ1) is 36.1. The van der Waals surface area contributed by atoms with E-state index in [9.17, 15) is 19.5 Å². The number of nitrogens with zero attached hydrogens (tertiary/aromatic N) is 7. The molecule has 402 valence electrons. The number of phenols is 1. The highest BCUT2D eigenvalue weighted by Crippen LogP contribution is 2.37. The zero-order valence-corrected chi connectivity index (χ0v) is 44.9. The number of ether oxygens (including phenoxy) is 2. The van der Waals surface area contributed by atoms with Gasteiger partial charge in [0.1, 0.15) is 23.7 Å². The molecule has 4 aromatic rings. The van der Waals surface area contributed by atoms with Crippen LogP contribution in [0.2, 0.25) is 0 Å². The number of amidine groups is 1. The lowest BCUT2D eigenvalue weighted by Gasteiger charge is -2.44. The molecule has 4 atom stereocenters. The largest absolute Gasteiger partial charge is 0.507 e. The zero-order valence-electron chi connectivity index (χ0n) is 44.1. The van der Waals surface area contributed by atoms with E-state index in [0.29, 0.717) is 70.3 Å². The second-order valence-electron chi connectivity index (χ2n) is 21.3. The summed E-state index contributed by atoms with van der Waals surface area (Å²) in [5.41, 5.74) is 13.6. The number of fused-ring (bicyclic) bond motifs is 2. The molecule has 0 saturated carbocycles. The molecule has 2 bridgehead atoms. The number of aryl methyl sites for hydroxylation is 2. The maximum Gasteiger partial charge on any atom is 0.246 e. The van der Waals surface area contributed by atoms with Gasteiger partial charge in [0.25, 0.3) is 0 Å². The number of piperazine rings is 2. The Bertz CT molecular complexity index is 2630.